The average molecular weight is 409 g/mol. The number of carbonyl (C=O) groups is 2. The van der Waals surface area contributed by atoms with E-state index in [1.54, 1.807) is 13.2 Å². The SMILES string of the molecule is COCCCn1c(C)cc(C(=O)COC(=O)c2cc(Cl)ccc2[N+](=O)[O-])c1C. The topological polar surface area (TPSA) is 101 Å². The molecule has 0 amide bonds. The number of nitro benzene ring substituents is 1. The first-order chi connectivity index (χ1) is 13.3. The third-order valence-electron chi connectivity index (χ3n) is 4.31. The Balaban J connectivity index is 2.11. The van der Waals surface area contributed by atoms with Crippen molar-refractivity contribution in [2.24, 2.45) is 0 Å². The van der Waals surface area contributed by atoms with Crippen LogP contribution in [0.1, 0.15) is 38.5 Å². The van der Waals surface area contributed by atoms with Gasteiger partial charge in [0, 0.05) is 48.3 Å². The van der Waals surface area contributed by atoms with Crippen LogP contribution in [0.2, 0.25) is 5.02 Å². The van der Waals surface area contributed by atoms with Gasteiger partial charge in [-0.2, -0.15) is 0 Å². The third kappa shape index (κ3) is 4.96. The maximum atomic E-state index is 12.5. The van der Waals surface area contributed by atoms with Crippen molar-refractivity contribution in [1.82, 2.24) is 4.57 Å². The molecule has 9 heteroatoms. The lowest BCUT2D eigenvalue weighted by Gasteiger charge is -2.09. The number of carbonyl (C=O) groups excluding carboxylic acids is 2. The molecule has 0 aliphatic rings. The van der Waals surface area contributed by atoms with Crippen LogP contribution in [0.4, 0.5) is 5.69 Å². The van der Waals surface area contributed by atoms with Crippen molar-refractivity contribution >= 4 is 29.0 Å². The van der Waals surface area contributed by atoms with Gasteiger partial charge in [0.05, 0.1) is 4.92 Å². The molecule has 28 heavy (non-hydrogen) atoms. The van der Waals surface area contributed by atoms with Gasteiger partial charge in [0.1, 0.15) is 5.56 Å². The smallest absolute Gasteiger partial charge is 0.345 e. The Morgan fingerprint density at radius 2 is 1.93 bits per heavy atom. The number of ether oxygens (including phenoxy) is 2. The number of benzene rings is 1. The standard InChI is InChI=1S/C19H21ClN2O6/c1-12-9-15(13(2)21(12)7-4-8-27-3)18(23)11-28-19(24)16-10-14(20)5-6-17(16)22(25)26/h5-6,9-10H,4,7-8,11H2,1-3H3. The Morgan fingerprint density at radius 3 is 2.57 bits per heavy atom. The third-order valence-corrected chi connectivity index (χ3v) is 4.55. The maximum Gasteiger partial charge on any atom is 0.345 e. The highest BCUT2D eigenvalue weighted by Gasteiger charge is 2.23. The van der Waals surface area contributed by atoms with Crippen LogP contribution < -0.4 is 0 Å². The Hall–Kier alpha value is -2.71. The van der Waals surface area contributed by atoms with Gasteiger partial charge in [-0.1, -0.05) is 11.6 Å². The van der Waals surface area contributed by atoms with E-state index in [4.69, 9.17) is 21.1 Å². The molecule has 0 aliphatic heterocycles. The van der Waals surface area contributed by atoms with Crippen LogP contribution in [0.5, 0.6) is 0 Å². The van der Waals surface area contributed by atoms with Crippen molar-refractivity contribution in [2.45, 2.75) is 26.8 Å². The molecule has 0 spiro atoms. The molecule has 1 aromatic heterocycles. The largest absolute Gasteiger partial charge is 0.454 e. The lowest BCUT2D eigenvalue weighted by atomic mass is 10.1. The molecule has 150 valence electrons. The van der Waals surface area contributed by atoms with E-state index in [0.717, 1.165) is 29.9 Å². The fraction of sp³-hybridized carbons (Fsp3) is 0.368. The van der Waals surface area contributed by atoms with Crippen LogP contribution in [0.15, 0.2) is 24.3 Å². The van der Waals surface area contributed by atoms with Crippen LogP contribution in [-0.2, 0) is 16.0 Å². The molecule has 2 rings (SSSR count). The molecule has 0 aliphatic carbocycles. The van der Waals surface area contributed by atoms with Gasteiger partial charge in [-0.3, -0.25) is 14.9 Å². The summed E-state index contributed by atoms with van der Waals surface area (Å²) < 4.78 is 12.1. The summed E-state index contributed by atoms with van der Waals surface area (Å²) in [5, 5.41) is 11.2. The first-order valence-corrected chi connectivity index (χ1v) is 8.94. The number of hydrogen-bond acceptors (Lipinski definition) is 6. The van der Waals surface area contributed by atoms with Crippen LogP contribution in [0, 0.1) is 24.0 Å². The zero-order chi connectivity index (χ0) is 20.8. The molecule has 0 bridgehead atoms. The molecule has 8 nitrogen and oxygen atoms in total. The number of nitrogens with zero attached hydrogens (tertiary/aromatic N) is 2. The Morgan fingerprint density at radius 1 is 1.21 bits per heavy atom. The summed E-state index contributed by atoms with van der Waals surface area (Å²) in [5.74, 6) is -1.36. The van der Waals surface area contributed by atoms with Gasteiger partial charge in [0.2, 0.25) is 5.78 Å². The summed E-state index contributed by atoms with van der Waals surface area (Å²) in [6.07, 6.45) is 0.800. The summed E-state index contributed by atoms with van der Waals surface area (Å²) in [4.78, 5) is 35.1. The second kappa shape index (κ2) is 9.48. The fourth-order valence-electron chi connectivity index (χ4n) is 2.91. The van der Waals surface area contributed by atoms with Crippen molar-refractivity contribution in [3.05, 3.63) is 61.9 Å². The van der Waals surface area contributed by atoms with Crippen molar-refractivity contribution in [3.8, 4) is 0 Å². The molecule has 0 saturated carbocycles. The van der Waals surface area contributed by atoms with Crippen molar-refractivity contribution in [2.75, 3.05) is 20.3 Å². The van der Waals surface area contributed by atoms with Crippen LogP contribution in [0.3, 0.4) is 0 Å². The second-order valence-corrected chi connectivity index (χ2v) is 6.64. The Labute approximate surface area is 167 Å². The van der Waals surface area contributed by atoms with Crippen molar-refractivity contribution in [3.63, 3.8) is 0 Å². The molecule has 0 N–H and O–H groups in total. The zero-order valence-corrected chi connectivity index (χ0v) is 16.6. The second-order valence-electron chi connectivity index (χ2n) is 6.20. The van der Waals surface area contributed by atoms with Gasteiger partial charge in [-0.25, -0.2) is 4.79 Å². The van der Waals surface area contributed by atoms with E-state index < -0.39 is 23.2 Å². The number of halogens is 1. The van der Waals surface area contributed by atoms with E-state index in [1.807, 2.05) is 18.4 Å². The number of nitro groups is 1. The number of Topliss-reactive ketones (excluding diaryl/α,β-unsaturated/α-hetero) is 1. The molecular weight excluding hydrogens is 388 g/mol. The monoisotopic (exact) mass is 408 g/mol. The summed E-state index contributed by atoms with van der Waals surface area (Å²) in [6.45, 7) is 4.49. The molecule has 0 atom stereocenters. The summed E-state index contributed by atoms with van der Waals surface area (Å²) in [5.41, 5.74) is 1.40. The lowest BCUT2D eigenvalue weighted by molar-refractivity contribution is -0.385. The van der Waals surface area contributed by atoms with Gasteiger partial charge >= 0.3 is 5.97 Å². The normalized spacial score (nSPS) is 10.7. The van der Waals surface area contributed by atoms with Crippen LogP contribution in [-0.4, -0.2) is 41.6 Å². The van der Waals surface area contributed by atoms with E-state index in [9.17, 15) is 19.7 Å². The number of ketones is 1. The highest BCUT2D eigenvalue weighted by molar-refractivity contribution is 6.31. The highest BCUT2D eigenvalue weighted by atomic mass is 35.5. The number of aryl methyl sites for hydroxylation is 1. The number of aromatic nitrogens is 1. The molecule has 1 heterocycles. The Bertz CT molecular complexity index is 906. The molecule has 1 aromatic carbocycles. The maximum absolute atomic E-state index is 12.5. The number of hydrogen-bond donors (Lipinski definition) is 0. The quantitative estimate of drug-likeness (QED) is 0.206. The van der Waals surface area contributed by atoms with E-state index in [-0.39, 0.29) is 16.4 Å². The van der Waals surface area contributed by atoms with E-state index in [2.05, 4.69) is 0 Å². The minimum Gasteiger partial charge on any atom is -0.454 e. The lowest BCUT2D eigenvalue weighted by Crippen LogP contribution is -2.16. The summed E-state index contributed by atoms with van der Waals surface area (Å²) in [7, 11) is 1.63. The average Bonchev–Trinajstić information content (AvgIpc) is 2.93. The minimum absolute atomic E-state index is 0.156. The van der Waals surface area contributed by atoms with Gasteiger partial charge in [0.15, 0.2) is 6.61 Å². The predicted octanol–water partition coefficient (Wildman–Crippen LogP) is 3.74. The van der Waals surface area contributed by atoms with Gasteiger partial charge < -0.3 is 14.0 Å². The zero-order valence-electron chi connectivity index (χ0n) is 15.9. The number of methoxy groups -OCH3 is 1. The summed E-state index contributed by atoms with van der Waals surface area (Å²) in [6, 6.07) is 5.31. The van der Waals surface area contributed by atoms with Crippen LogP contribution in [0.25, 0.3) is 0 Å². The van der Waals surface area contributed by atoms with Gasteiger partial charge in [-0.15, -0.1) is 0 Å². The van der Waals surface area contributed by atoms with Crippen LogP contribution >= 0.6 is 11.6 Å². The molecule has 0 radical (unpaired) electrons. The van der Waals surface area contributed by atoms with Gasteiger partial charge in [-0.05, 0) is 38.5 Å². The molecule has 2 aromatic rings. The summed E-state index contributed by atoms with van der Waals surface area (Å²) >= 11 is 5.81. The molecule has 0 fully saturated rings. The van der Waals surface area contributed by atoms with E-state index in [0.29, 0.717) is 18.7 Å². The van der Waals surface area contributed by atoms with Crippen molar-refractivity contribution in [1.29, 1.82) is 0 Å². The molecular formula is C19H21ClN2O6. The van der Waals surface area contributed by atoms with Gasteiger partial charge in [0.25, 0.3) is 5.69 Å². The number of rotatable bonds is 9. The first kappa shape index (κ1) is 21.6. The molecule has 0 saturated heterocycles. The van der Waals surface area contributed by atoms with E-state index >= 15 is 0 Å². The Kier molecular flexibility index (Phi) is 7.31. The first-order valence-electron chi connectivity index (χ1n) is 8.56. The fourth-order valence-corrected chi connectivity index (χ4v) is 3.08. The number of esters is 1. The van der Waals surface area contributed by atoms with E-state index in [1.165, 1.54) is 6.07 Å². The minimum atomic E-state index is -0.976. The molecule has 0 unspecified atom stereocenters. The predicted molar refractivity (Wildman–Crippen MR) is 103 cm³/mol. The highest BCUT2D eigenvalue weighted by Crippen LogP contribution is 2.24. The van der Waals surface area contributed by atoms with Crippen molar-refractivity contribution < 1.29 is 24.0 Å².